The van der Waals surface area contributed by atoms with E-state index in [4.69, 9.17) is 9.47 Å². The van der Waals surface area contributed by atoms with Crippen LogP contribution in [0.4, 0.5) is 0 Å². The van der Waals surface area contributed by atoms with E-state index in [9.17, 15) is 4.79 Å². The number of benzene rings is 2. The highest BCUT2D eigenvalue weighted by Gasteiger charge is 2.29. The van der Waals surface area contributed by atoms with E-state index in [-0.39, 0.29) is 11.8 Å². The fourth-order valence-corrected chi connectivity index (χ4v) is 5.26. The number of rotatable bonds is 10. The lowest BCUT2D eigenvalue weighted by Gasteiger charge is -2.30. The van der Waals surface area contributed by atoms with Gasteiger partial charge in [-0.15, -0.1) is 0 Å². The van der Waals surface area contributed by atoms with Gasteiger partial charge in [-0.05, 0) is 54.0 Å². The number of ether oxygens (including phenoxy) is 2. The van der Waals surface area contributed by atoms with Gasteiger partial charge in [0.05, 0.1) is 13.7 Å². The van der Waals surface area contributed by atoms with Gasteiger partial charge in [0.2, 0.25) is 5.91 Å². The van der Waals surface area contributed by atoms with Gasteiger partial charge in [0.1, 0.15) is 5.75 Å². The zero-order valence-corrected chi connectivity index (χ0v) is 19.9. The molecule has 1 N–H and O–H groups in total. The number of nitrogens with one attached hydrogen (secondary N) is 1. The maximum absolute atomic E-state index is 12.9. The number of fused-ring (bicyclic) bond motifs is 1. The van der Waals surface area contributed by atoms with E-state index in [1.54, 1.807) is 14.2 Å². The Labute approximate surface area is 197 Å². The lowest BCUT2D eigenvalue weighted by molar-refractivity contribution is -0.122. The van der Waals surface area contributed by atoms with Crippen molar-refractivity contribution in [2.45, 2.75) is 51.0 Å². The molecule has 33 heavy (non-hydrogen) atoms. The van der Waals surface area contributed by atoms with E-state index >= 15 is 0 Å². The topological polar surface area (TPSA) is 52.5 Å². The van der Waals surface area contributed by atoms with Crippen LogP contribution in [0.3, 0.4) is 0 Å². The molecule has 4 rings (SSSR count). The van der Waals surface area contributed by atoms with E-state index in [0.717, 1.165) is 12.3 Å². The minimum Gasteiger partial charge on any atom is -0.497 e. The molecule has 0 saturated heterocycles. The molecular formula is C28H36N2O3. The van der Waals surface area contributed by atoms with Gasteiger partial charge in [-0.3, -0.25) is 4.79 Å². The lowest BCUT2D eigenvalue weighted by Crippen LogP contribution is -2.30. The minimum absolute atomic E-state index is 0.120. The normalized spacial score (nSPS) is 15.5. The first-order chi connectivity index (χ1) is 16.2. The van der Waals surface area contributed by atoms with Crippen molar-refractivity contribution in [3.8, 4) is 5.75 Å². The quantitative estimate of drug-likeness (QED) is 0.416. The first-order valence-corrected chi connectivity index (χ1v) is 12.2. The molecule has 1 aliphatic rings. The standard InChI is InChI=1S/C28H36N2O3/c1-32-17-16-29-28(31)18-25(22-8-4-3-5-9-22)26-20-30(27-11-7-6-10-24(26)27)19-21-12-14-23(33-2)15-13-21/h6-7,10-15,20,22,25H,3-5,8-9,16-19H2,1-2H3,(H,29,31)/t25-/m0/s1. The number of nitrogens with zero attached hydrogens (tertiary/aromatic N) is 1. The van der Waals surface area contributed by atoms with E-state index < -0.39 is 0 Å². The van der Waals surface area contributed by atoms with Crippen molar-refractivity contribution >= 4 is 16.8 Å². The molecule has 1 amide bonds. The van der Waals surface area contributed by atoms with Gasteiger partial charge < -0.3 is 19.4 Å². The van der Waals surface area contributed by atoms with Gasteiger partial charge in [-0.2, -0.15) is 0 Å². The second kappa shape index (κ2) is 11.4. The number of hydrogen-bond donors (Lipinski definition) is 1. The van der Waals surface area contributed by atoms with Crippen LogP contribution in [0.1, 0.15) is 55.6 Å². The second-order valence-electron chi connectivity index (χ2n) is 9.13. The number of amides is 1. The second-order valence-corrected chi connectivity index (χ2v) is 9.13. The van der Waals surface area contributed by atoms with Crippen LogP contribution in [0.2, 0.25) is 0 Å². The highest BCUT2D eigenvalue weighted by atomic mass is 16.5. The lowest BCUT2D eigenvalue weighted by atomic mass is 9.75. The summed E-state index contributed by atoms with van der Waals surface area (Å²) in [4.78, 5) is 12.9. The predicted octanol–water partition coefficient (Wildman–Crippen LogP) is 5.51. The van der Waals surface area contributed by atoms with Crippen molar-refractivity contribution in [1.82, 2.24) is 9.88 Å². The van der Waals surface area contributed by atoms with Crippen molar-refractivity contribution in [2.75, 3.05) is 27.4 Å². The minimum atomic E-state index is 0.120. The molecule has 1 heterocycles. The number of hydrogen-bond acceptors (Lipinski definition) is 3. The fourth-order valence-electron chi connectivity index (χ4n) is 5.26. The smallest absolute Gasteiger partial charge is 0.220 e. The third-order valence-electron chi connectivity index (χ3n) is 6.98. The fraction of sp³-hybridized carbons (Fsp3) is 0.464. The van der Waals surface area contributed by atoms with Crippen LogP contribution in [0.5, 0.6) is 5.75 Å². The van der Waals surface area contributed by atoms with Crippen molar-refractivity contribution in [2.24, 2.45) is 5.92 Å². The summed E-state index contributed by atoms with van der Waals surface area (Å²) >= 11 is 0. The zero-order valence-electron chi connectivity index (χ0n) is 19.9. The van der Waals surface area contributed by atoms with Crippen LogP contribution in [-0.4, -0.2) is 37.8 Å². The largest absolute Gasteiger partial charge is 0.497 e. The Morgan fingerprint density at radius 2 is 1.82 bits per heavy atom. The summed E-state index contributed by atoms with van der Waals surface area (Å²) in [7, 11) is 3.35. The van der Waals surface area contributed by atoms with Gasteiger partial charge in [0.15, 0.2) is 0 Å². The summed E-state index contributed by atoms with van der Waals surface area (Å²) in [6, 6.07) is 16.9. The highest BCUT2D eigenvalue weighted by Crippen LogP contribution is 2.41. The molecule has 3 aromatic rings. The first kappa shape index (κ1) is 23.4. The Bertz CT molecular complexity index is 1030. The zero-order chi connectivity index (χ0) is 23.0. The third kappa shape index (κ3) is 5.77. The van der Waals surface area contributed by atoms with Crippen LogP contribution in [-0.2, 0) is 16.1 Å². The molecule has 0 unspecified atom stereocenters. The Hall–Kier alpha value is -2.79. The maximum Gasteiger partial charge on any atom is 0.220 e. The third-order valence-corrected chi connectivity index (χ3v) is 6.98. The molecular weight excluding hydrogens is 412 g/mol. The summed E-state index contributed by atoms with van der Waals surface area (Å²) in [6.07, 6.45) is 9.07. The van der Waals surface area contributed by atoms with Gasteiger partial charge >= 0.3 is 0 Å². The molecule has 0 radical (unpaired) electrons. The average Bonchev–Trinajstić information content (AvgIpc) is 3.22. The molecule has 5 nitrogen and oxygen atoms in total. The summed E-state index contributed by atoms with van der Waals surface area (Å²) in [5, 5.41) is 4.32. The van der Waals surface area contributed by atoms with E-state index in [0.29, 0.717) is 25.5 Å². The van der Waals surface area contributed by atoms with Gasteiger partial charge in [0, 0.05) is 43.7 Å². The van der Waals surface area contributed by atoms with Crippen molar-refractivity contribution in [3.05, 3.63) is 65.9 Å². The predicted molar refractivity (Wildman–Crippen MR) is 133 cm³/mol. The molecule has 2 aromatic carbocycles. The van der Waals surface area contributed by atoms with Crippen molar-refractivity contribution in [1.29, 1.82) is 0 Å². The SMILES string of the molecule is COCCNC(=O)C[C@H](c1cn(Cc2ccc(OC)cc2)c2ccccc12)C1CCCCC1. The van der Waals surface area contributed by atoms with E-state index in [2.05, 4.69) is 52.5 Å². The molecule has 0 spiro atoms. The molecule has 1 fully saturated rings. The maximum atomic E-state index is 12.9. The van der Waals surface area contributed by atoms with Gasteiger partial charge in [-0.25, -0.2) is 0 Å². The van der Waals surface area contributed by atoms with Gasteiger partial charge in [-0.1, -0.05) is 49.6 Å². The Balaban J connectivity index is 1.65. The Morgan fingerprint density at radius 1 is 1.06 bits per heavy atom. The van der Waals surface area contributed by atoms with Crippen molar-refractivity contribution in [3.63, 3.8) is 0 Å². The molecule has 1 saturated carbocycles. The van der Waals surface area contributed by atoms with Gasteiger partial charge in [0.25, 0.3) is 0 Å². The molecule has 5 heteroatoms. The van der Waals surface area contributed by atoms with Crippen LogP contribution >= 0.6 is 0 Å². The van der Waals surface area contributed by atoms with Crippen LogP contribution in [0.15, 0.2) is 54.7 Å². The average molecular weight is 449 g/mol. The Kier molecular flexibility index (Phi) is 8.05. The summed E-state index contributed by atoms with van der Waals surface area (Å²) in [5.74, 6) is 1.77. The van der Waals surface area contributed by atoms with E-state index in [1.807, 2.05) is 12.1 Å². The summed E-state index contributed by atoms with van der Waals surface area (Å²) < 4.78 is 12.8. The summed E-state index contributed by atoms with van der Waals surface area (Å²) in [6.45, 7) is 1.90. The highest BCUT2D eigenvalue weighted by molar-refractivity contribution is 5.86. The number of aromatic nitrogens is 1. The number of carbonyl (C=O) groups is 1. The first-order valence-electron chi connectivity index (χ1n) is 12.2. The molecule has 1 aromatic heterocycles. The molecule has 176 valence electrons. The molecule has 1 atom stereocenters. The molecule has 0 bridgehead atoms. The van der Waals surface area contributed by atoms with E-state index in [1.165, 1.54) is 54.1 Å². The van der Waals surface area contributed by atoms with Crippen LogP contribution < -0.4 is 10.1 Å². The molecule has 0 aliphatic heterocycles. The monoisotopic (exact) mass is 448 g/mol. The number of methoxy groups -OCH3 is 2. The van der Waals surface area contributed by atoms with Crippen LogP contribution in [0, 0.1) is 5.92 Å². The Morgan fingerprint density at radius 3 is 2.55 bits per heavy atom. The number of carbonyl (C=O) groups excluding carboxylic acids is 1. The molecule has 1 aliphatic carbocycles. The summed E-state index contributed by atoms with van der Waals surface area (Å²) in [5.41, 5.74) is 3.77. The van der Waals surface area contributed by atoms with Crippen LogP contribution in [0.25, 0.3) is 10.9 Å². The number of para-hydroxylation sites is 1. The van der Waals surface area contributed by atoms with Crippen molar-refractivity contribution < 1.29 is 14.3 Å².